The van der Waals surface area contributed by atoms with Gasteiger partial charge < -0.3 is 31.3 Å². The summed E-state index contributed by atoms with van der Waals surface area (Å²) in [6.07, 6.45) is 1.64. The maximum Gasteiger partial charge on any atom is 0.341 e. The van der Waals surface area contributed by atoms with Crippen LogP contribution in [0.3, 0.4) is 0 Å². The molecule has 2 heterocycles. The predicted molar refractivity (Wildman–Crippen MR) is 116 cm³/mol. The standard InChI is InChI=1S/C21H33N5O5/c1-21(31-24,20(28)29)18-5-3-13-10-14(2-4-17(13)30-18)19(23)25-15-6-8-26(9-7-15)12-16(27)11-22/h2,4,10,15-16,18,27H,3,5-9,11-12,22,24H2,1H3,(H2,23,25)(H,28,29)/t16-,18-,21+/m1/s1. The summed E-state index contributed by atoms with van der Waals surface area (Å²) >= 11 is 0. The molecule has 1 aromatic carbocycles. The van der Waals surface area contributed by atoms with Gasteiger partial charge in [-0.2, -0.15) is 0 Å². The fourth-order valence-corrected chi connectivity index (χ4v) is 4.07. The van der Waals surface area contributed by atoms with Crippen LogP contribution in [0.25, 0.3) is 0 Å². The number of fused-ring (bicyclic) bond motifs is 1. The third-order valence-corrected chi connectivity index (χ3v) is 6.21. The van der Waals surface area contributed by atoms with E-state index in [1.165, 1.54) is 6.92 Å². The van der Waals surface area contributed by atoms with Crippen molar-refractivity contribution in [1.82, 2.24) is 4.90 Å². The van der Waals surface area contributed by atoms with Crippen LogP contribution in [0.15, 0.2) is 23.2 Å². The Morgan fingerprint density at radius 3 is 2.71 bits per heavy atom. The number of likely N-dealkylation sites (tertiary alicyclic amines) is 1. The van der Waals surface area contributed by atoms with Gasteiger partial charge in [-0.25, -0.2) is 10.7 Å². The largest absolute Gasteiger partial charge is 0.486 e. The number of amidine groups is 1. The number of rotatable bonds is 8. The molecule has 3 rings (SSSR count). The number of ether oxygens (including phenoxy) is 1. The van der Waals surface area contributed by atoms with Gasteiger partial charge in [0.15, 0.2) is 0 Å². The fraction of sp³-hybridized carbons (Fsp3) is 0.619. The zero-order valence-electron chi connectivity index (χ0n) is 17.9. The number of aliphatic hydroxyl groups is 1. The first-order valence-corrected chi connectivity index (χ1v) is 10.6. The summed E-state index contributed by atoms with van der Waals surface area (Å²) in [4.78, 5) is 23.2. The number of carbonyl (C=O) groups is 1. The molecule has 1 fully saturated rings. The molecule has 2 aliphatic heterocycles. The van der Waals surface area contributed by atoms with Crippen LogP contribution in [0, 0.1) is 0 Å². The highest BCUT2D eigenvalue weighted by Gasteiger charge is 2.46. The summed E-state index contributed by atoms with van der Waals surface area (Å²) in [5.41, 5.74) is 11.9. The van der Waals surface area contributed by atoms with Crippen LogP contribution in [0.5, 0.6) is 5.75 Å². The highest BCUT2D eigenvalue weighted by Crippen LogP contribution is 2.33. The van der Waals surface area contributed by atoms with Crippen LogP contribution < -0.4 is 22.1 Å². The second-order valence-corrected chi connectivity index (χ2v) is 8.43. The zero-order chi connectivity index (χ0) is 22.6. The smallest absolute Gasteiger partial charge is 0.341 e. The Balaban J connectivity index is 1.63. The molecule has 0 radical (unpaired) electrons. The van der Waals surface area contributed by atoms with E-state index in [4.69, 9.17) is 31.9 Å². The van der Waals surface area contributed by atoms with E-state index in [0.29, 0.717) is 31.0 Å². The summed E-state index contributed by atoms with van der Waals surface area (Å²) in [7, 11) is 0. The number of aliphatic carboxylic acids is 1. The fourth-order valence-electron chi connectivity index (χ4n) is 4.07. The second kappa shape index (κ2) is 9.92. The van der Waals surface area contributed by atoms with E-state index < -0.39 is 23.8 Å². The monoisotopic (exact) mass is 435 g/mol. The molecular formula is C21H33N5O5. The molecule has 172 valence electrons. The van der Waals surface area contributed by atoms with E-state index in [1.54, 1.807) is 6.07 Å². The quantitative estimate of drug-likeness (QED) is 0.207. The normalized spacial score (nSPS) is 23.5. The minimum absolute atomic E-state index is 0.140. The van der Waals surface area contributed by atoms with Gasteiger partial charge in [0.05, 0.1) is 12.1 Å². The molecule has 0 amide bonds. The Kier molecular flexibility index (Phi) is 7.50. The third kappa shape index (κ3) is 5.34. The Bertz CT molecular complexity index is 811. The number of aliphatic imine (C=N–C) groups is 1. The molecule has 1 aromatic rings. The van der Waals surface area contributed by atoms with Gasteiger partial charge in [-0.15, -0.1) is 0 Å². The number of β-amino-alcohol motifs (C(OH)–C–C–N with tert-alkyl or cyclic N) is 1. The van der Waals surface area contributed by atoms with Gasteiger partial charge in [-0.1, -0.05) is 0 Å². The van der Waals surface area contributed by atoms with Crippen molar-refractivity contribution < 1.29 is 24.6 Å². The molecule has 8 N–H and O–H groups in total. The zero-order valence-corrected chi connectivity index (χ0v) is 17.9. The maximum atomic E-state index is 11.5. The first-order chi connectivity index (χ1) is 14.8. The van der Waals surface area contributed by atoms with Gasteiger partial charge in [0.1, 0.15) is 17.7 Å². The highest BCUT2D eigenvalue weighted by molar-refractivity contribution is 5.98. The van der Waals surface area contributed by atoms with E-state index in [2.05, 4.69) is 4.90 Å². The van der Waals surface area contributed by atoms with Crippen molar-refractivity contribution in [3.05, 3.63) is 29.3 Å². The number of hydrogen-bond donors (Lipinski definition) is 5. The molecule has 0 aromatic heterocycles. The van der Waals surface area contributed by atoms with Gasteiger partial charge in [0.25, 0.3) is 0 Å². The summed E-state index contributed by atoms with van der Waals surface area (Å²) < 4.78 is 5.89. The van der Waals surface area contributed by atoms with Gasteiger partial charge in [0, 0.05) is 31.7 Å². The van der Waals surface area contributed by atoms with Crippen LogP contribution in [0.1, 0.15) is 37.3 Å². The van der Waals surface area contributed by atoms with E-state index in [-0.39, 0.29) is 12.6 Å². The summed E-state index contributed by atoms with van der Waals surface area (Å²) in [5.74, 6) is 5.15. The lowest BCUT2D eigenvalue weighted by Gasteiger charge is -2.35. The van der Waals surface area contributed by atoms with Gasteiger partial charge in [0.2, 0.25) is 5.60 Å². The van der Waals surface area contributed by atoms with E-state index in [1.807, 2.05) is 12.1 Å². The SMILES string of the molecule is C[C@@](ON)(C(=O)O)[C@H]1CCc2cc(C(N)=NC3CCN(C[C@H](O)CN)CC3)ccc2O1. The lowest BCUT2D eigenvalue weighted by molar-refractivity contribution is -0.179. The van der Waals surface area contributed by atoms with Crippen molar-refractivity contribution >= 4 is 11.8 Å². The van der Waals surface area contributed by atoms with Crippen molar-refractivity contribution in [3.63, 3.8) is 0 Å². The molecule has 0 unspecified atom stereocenters. The minimum atomic E-state index is -1.62. The number of aryl methyl sites for hydroxylation is 1. The van der Waals surface area contributed by atoms with E-state index in [0.717, 1.165) is 37.1 Å². The molecule has 0 aliphatic carbocycles. The molecule has 10 nitrogen and oxygen atoms in total. The molecule has 1 saturated heterocycles. The number of carboxylic acids is 1. The van der Waals surface area contributed by atoms with Crippen LogP contribution in [0.2, 0.25) is 0 Å². The Hall–Kier alpha value is -2.24. The molecule has 0 spiro atoms. The average molecular weight is 436 g/mol. The van der Waals surface area contributed by atoms with Crippen molar-refractivity contribution in [1.29, 1.82) is 0 Å². The maximum absolute atomic E-state index is 11.5. The number of carboxylic acid groups (broad SMARTS) is 1. The van der Waals surface area contributed by atoms with E-state index in [9.17, 15) is 15.0 Å². The van der Waals surface area contributed by atoms with Crippen molar-refractivity contribution in [3.8, 4) is 5.75 Å². The van der Waals surface area contributed by atoms with Gasteiger partial charge in [-0.05, 0) is 56.4 Å². The van der Waals surface area contributed by atoms with Crippen molar-refractivity contribution in [2.45, 2.75) is 56.5 Å². The van der Waals surface area contributed by atoms with Crippen LogP contribution in [-0.2, 0) is 16.1 Å². The molecule has 10 heteroatoms. The van der Waals surface area contributed by atoms with E-state index >= 15 is 0 Å². The first-order valence-electron chi connectivity index (χ1n) is 10.6. The molecular weight excluding hydrogens is 402 g/mol. The number of benzene rings is 1. The Labute approximate surface area is 181 Å². The lowest BCUT2D eigenvalue weighted by Crippen LogP contribution is -2.54. The number of nitrogens with two attached hydrogens (primary N) is 3. The molecule has 3 atom stereocenters. The molecule has 31 heavy (non-hydrogen) atoms. The van der Waals surface area contributed by atoms with Crippen molar-refractivity contribution in [2.24, 2.45) is 22.4 Å². The number of hydrogen-bond acceptors (Lipinski definition) is 8. The first kappa shape index (κ1) is 23.4. The number of piperidine rings is 1. The minimum Gasteiger partial charge on any atom is -0.486 e. The van der Waals surface area contributed by atoms with Crippen molar-refractivity contribution in [2.75, 3.05) is 26.2 Å². The van der Waals surface area contributed by atoms with Gasteiger partial charge in [-0.3, -0.25) is 9.83 Å². The summed E-state index contributed by atoms with van der Waals surface area (Å²) in [6, 6.07) is 5.70. The average Bonchev–Trinajstić information content (AvgIpc) is 2.78. The molecule has 2 aliphatic rings. The van der Waals surface area contributed by atoms with Gasteiger partial charge >= 0.3 is 5.97 Å². The van der Waals surface area contributed by atoms with Crippen LogP contribution in [0.4, 0.5) is 0 Å². The summed E-state index contributed by atoms with van der Waals surface area (Å²) in [6.45, 7) is 3.96. The lowest BCUT2D eigenvalue weighted by atomic mass is 9.90. The third-order valence-electron chi connectivity index (χ3n) is 6.21. The Morgan fingerprint density at radius 2 is 2.10 bits per heavy atom. The number of nitrogens with zero attached hydrogens (tertiary/aromatic N) is 2. The number of aliphatic hydroxyl groups excluding tert-OH is 1. The van der Waals surface area contributed by atoms with Crippen LogP contribution in [-0.4, -0.2) is 76.9 Å². The highest BCUT2D eigenvalue weighted by atomic mass is 16.7. The predicted octanol–water partition coefficient (Wildman–Crippen LogP) is -0.397. The molecule has 0 bridgehead atoms. The molecule has 0 saturated carbocycles. The second-order valence-electron chi connectivity index (χ2n) is 8.43. The summed E-state index contributed by atoms with van der Waals surface area (Å²) in [5, 5.41) is 19.1. The van der Waals surface area contributed by atoms with Crippen LogP contribution >= 0.6 is 0 Å². The topological polar surface area (TPSA) is 170 Å². The Morgan fingerprint density at radius 1 is 1.39 bits per heavy atom.